The van der Waals surface area contributed by atoms with Crippen LogP contribution in [-0.2, 0) is 4.74 Å². The van der Waals surface area contributed by atoms with Crippen LogP contribution < -0.4 is 0 Å². The minimum Gasteiger partial charge on any atom is -0.477 e. The van der Waals surface area contributed by atoms with E-state index in [-0.39, 0.29) is 5.90 Å². The fourth-order valence-electron chi connectivity index (χ4n) is 0.728. The normalized spacial score (nSPS) is 9.50. The van der Waals surface area contributed by atoms with Crippen LogP contribution in [0.3, 0.4) is 0 Å². The summed E-state index contributed by atoms with van der Waals surface area (Å²) in [6.45, 7) is 2.30. The fourth-order valence-corrected chi connectivity index (χ4v) is 0.840. The molecule has 0 unspecified atom stereocenters. The Bertz CT molecular complexity index is 271. The number of halogens is 1. The molecule has 1 aromatic rings. The van der Waals surface area contributed by atoms with Crippen molar-refractivity contribution in [2.75, 3.05) is 6.61 Å². The van der Waals surface area contributed by atoms with Crippen LogP contribution in [0.2, 0.25) is 5.02 Å². The van der Waals surface area contributed by atoms with Crippen molar-refractivity contribution >= 4 is 17.5 Å². The van der Waals surface area contributed by atoms with Crippen molar-refractivity contribution in [3.05, 3.63) is 29.0 Å². The number of hydrogen-bond donors (Lipinski definition) is 1. The van der Waals surface area contributed by atoms with Gasteiger partial charge < -0.3 is 4.74 Å². The van der Waals surface area contributed by atoms with Crippen molar-refractivity contribution < 1.29 is 4.74 Å². The molecule has 0 atom stereocenters. The highest BCUT2D eigenvalue weighted by Crippen LogP contribution is 2.06. The Labute approximate surface area is 75.8 Å². The minimum atomic E-state index is 0.0779. The van der Waals surface area contributed by atoms with Crippen molar-refractivity contribution in [1.82, 2.24) is 4.98 Å². The van der Waals surface area contributed by atoms with Gasteiger partial charge in [0.25, 0.3) is 0 Å². The van der Waals surface area contributed by atoms with E-state index >= 15 is 0 Å². The van der Waals surface area contributed by atoms with E-state index in [1.165, 1.54) is 6.20 Å². The Kier molecular flexibility index (Phi) is 3.05. The van der Waals surface area contributed by atoms with E-state index in [1.807, 2.05) is 6.92 Å². The number of ether oxygens (including phenoxy) is 1. The predicted octanol–water partition coefficient (Wildman–Crippen LogP) is 2.10. The number of rotatable bonds is 2. The molecule has 0 amide bonds. The van der Waals surface area contributed by atoms with Gasteiger partial charge in [-0.2, -0.15) is 0 Å². The van der Waals surface area contributed by atoms with Crippen molar-refractivity contribution in [3.63, 3.8) is 0 Å². The quantitative estimate of drug-likeness (QED) is 0.565. The summed E-state index contributed by atoms with van der Waals surface area (Å²) in [4.78, 5) is 3.92. The van der Waals surface area contributed by atoms with E-state index in [0.29, 0.717) is 17.3 Å². The Morgan fingerprint density at radius 1 is 1.67 bits per heavy atom. The first-order valence-electron chi connectivity index (χ1n) is 3.57. The maximum atomic E-state index is 7.37. The molecule has 0 spiro atoms. The van der Waals surface area contributed by atoms with E-state index in [2.05, 4.69) is 4.98 Å². The van der Waals surface area contributed by atoms with Crippen molar-refractivity contribution in [1.29, 1.82) is 5.41 Å². The van der Waals surface area contributed by atoms with Gasteiger partial charge >= 0.3 is 0 Å². The second-order valence-corrected chi connectivity index (χ2v) is 2.56. The van der Waals surface area contributed by atoms with Gasteiger partial charge in [-0.1, -0.05) is 11.6 Å². The van der Waals surface area contributed by atoms with E-state index in [0.717, 1.165) is 0 Å². The minimum absolute atomic E-state index is 0.0779. The number of aromatic nitrogens is 1. The lowest BCUT2D eigenvalue weighted by Crippen LogP contribution is -2.06. The summed E-state index contributed by atoms with van der Waals surface area (Å²) in [5.74, 6) is 0.0779. The third-order valence-corrected chi connectivity index (χ3v) is 1.47. The average Bonchev–Trinajstić information content (AvgIpc) is 2.06. The molecular weight excluding hydrogens is 176 g/mol. The zero-order valence-corrected chi connectivity index (χ0v) is 7.43. The molecule has 0 aliphatic heterocycles. The van der Waals surface area contributed by atoms with Gasteiger partial charge in [0.1, 0.15) is 5.69 Å². The van der Waals surface area contributed by atoms with Gasteiger partial charge in [0.05, 0.1) is 11.6 Å². The first-order valence-corrected chi connectivity index (χ1v) is 3.95. The van der Waals surface area contributed by atoms with Gasteiger partial charge in [-0.3, -0.25) is 5.41 Å². The topological polar surface area (TPSA) is 46.0 Å². The molecule has 3 nitrogen and oxygen atoms in total. The van der Waals surface area contributed by atoms with Crippen molar-refractivity contribution in [2.45, 2.75) is 6.92 Å². The molecule has 1 rings (SSSR count). The lowest BCUT2D eigenvalue weighted by Gasteiger charge is -2.02. The van der Waals surface area contributed by atoms with Gasteiger partial charge in [-0.15, -0.1) is 0 Å². The summed E-state index contributed by atoms with van der Waals surface area (Å²) in [6.07, 6.45) is 1.49. The molecule has 4 heteroatoms. The summed E-state index contributed by atoms with van der Waals surface area (Å²) in [5, 5.41) is 7.93. The van der Waals surface area contributed by atoms with E-state index < -0.39 is 0 Å². The third-order valence-electron chi connectivity index (χ3n) is 1.25. The van der Waals surface area contributed by atoms with E-state index in [1.54, 1.807) is 12.1 Å². The molecule has 64 valence electrons. The Hall–Kier alpha value is -1.09. The van der Waals surface area contributed by atoms with E-state index in [9.17, 15) is 0 Å². The maximum Gasteiger partial charge on any atom is 0.232 e. The summed E-state index contributed by atoms with van der Waals surface area (Å²) in [5.41, 5.74) is 0.501. The molecule has 0 bridgehead atoms. The molecule has 0 saturated heterocycles. The molecule has 0 saturated carbocycles. The standard InChI is InChI=1S/C8H9ClN2O/c1-2-12-8(10)7-4-3-6(9)5-11-7/h3-5,10H,2H2,1H3. The molecule has 1 N–H and O–H groups in total. The lowest BCUT2D eigenvalue weighted by atomic mass is 10.3. The Morgan fingerprint density at radius 2 is 2.42 bits per heavy atom. The first kappa shape index (κ1) is 9.00. The van der Waals surface area contributed by atoms with Crippen LogP contribution in [0.4, 0.5) is 0 Å². The number of nitrogens with one attached hydrogen (secondary N) is 1. The second kappa shape index (κ2) is 4.07. The molecule has 0 aliphatic rings. The van der Waals surface area contributed by atoms with Crippen LogP contribution in [0.15, 0.2) is 18.3 Å². The van der Waals surface area contributed by atoms with Crippen LogP contribution in [0.25, 0.3) is 0 Å². The molecule has 0 radical (unpaired) electrons. The highest BCUT2D eigenvalue weighted by atomic mass is 35.5. The second-order valence-electron chi connectivity index (χ2n) is 2.12. The molecule has 0 aromatic carbocycles. The molecule has 0 aliphatic carbocycles. The Morgan fingerprint density at radius 3 is 2.92 bits per heavy atom. The summed E-state index contributed by atoms with van der Waals surface area (Å²) >= 11 is 5.62. The van der Waals surface area contributed by atoms with Crippen LogP contribution in [0.5, 0.6) is 0 Å². The van der Waals surface area contributed by atoms with E-state index in [4.69, 9.17) is 21.7 Å². The average molecular weight is 185 g/mol. The third kappa shape index (κ3) is 2.20. The highest BCUT2D eigenvalue weighted by molar-refractivity contribution is 6.30. The smallest absolute Gasteiger partial charge is 0.232 e. The van der Waals surface area contributed by atoms with Crippen LogP contribution in [0, 0.1) is 5.41 Å². The molecule has 1 aromatic heterocycles. The predicted molar refractivity (Wildman–Crippen MR) is 47.7 cm³/mol. The zero-order chi connectivity index (χ0) is 8.97. The summed E-state index contributed by atoms with van der Waals surface area (Å²) < 4.78 is 4.95. The maximum absolute atomic E-state index is 7.37. The van der Waals surface area contributed by atoms with Crippen molar-refractivity contribution in [3.8, 4) is 0 Å². The van der Waals surface area contributed by atoms with Crippen LogP contribution in [-0.4, -0.2) is 17.5 Å². The summed E-state index contributed by atoms with van der Waals surface area (Å²) in [7, 11) is 0. The first-order chi connectivity index (χ1) is 5.74. The molecule has 12 heavy (non-hydrogen) atoms. The lowest BCUT2D eigenvalue weighted by molar-refractivity contribution is 0.324. The van der Waals surface area contributed by atoms with Gasteiger partial charge in [0, 0.05) is 6.20 Å². The Balaban J connectivity index is 2.75. The van der Waals surface area contributed by atoms with Gasteiger partial charge in [0.2, 0.25) is 5.90 Å². The van der Waals surface area contributed by atoms with Crippen LogP contribution in [0.1, 0.15) is 12.6 Å². The molecule has 1 heterocycles. The van der Waals surface area contributed by atoms with Gasteiger partial charge in [-0.05, 0) is 19.1 Å². The highest BCUT2D eigenvalue weighted by Gasteiger charge is 2.01. The van der Waals surface area contributed by atoms with Gasteiger partial charge in [0.15, 0.2) is 0 Å². The zero-order valence-electron chi connectivity index (χ0n) is 6.67. The fraction of sp³-hybridized carbons (Fsp3) is 0.250. The number of nitrogens with zero attached hydrogens (tertiary/aromatic N) is 1. The SMILES string of the molecule is CCOC(=N)c1ccc(Cl)cn1. The largest absolute Gasteiger partial charge is 0.477 e. The number of hydrogen-bond acceptors (Lipinski definition) is 3. The van der Waals surface area contributed by atoms with Crippen molar-refractivity contribution in [2.24, 2.45) is 0 Å². The number of pyridine rings is 1. The summed E-state index contributed by atoms with van der Waals surface area (Å²) in [6, 6.07) is 3.33. The molecular formula is C8H9ClN2O. The molecule has 0 fully saturated rings. The van der Waals surface area contributed by atoms with Gasteiger partial charge in [-0.25, -0.2) is 4.98 Å². The monoisotopic (exact) mass is 184 g/mol. The van der Waals surface area contributed by atoms with Crippen LogP contribution >= 0.6 is 11.6 Å².